The average Bonchev–Trinajstić information content (AvgIpc) is 4.05. The summed E-state index contributed by atoms with van der Waals surface area (Å²) >= 11 is 13.7. The molecule has 0 aliphatic carbocycles. The van der Waals surface area contributed by atoms with Gasteiger partial charge in [0.05, 0.1) is 44.9 Å². The zero-order valence-electron chi connectivity index (χ0n) is 43.2. The predicted octanol–water partition coefficient (Wildman–Crippen LogP) is 9.40. The zero-order valence-corrected chi connectivity index (χ0v) is 44.7. The SMILES string of the molecule is C=CC(=O)N1CCN(C2=NC(=O)C(c3cn[nH]c3C(C)C/C=C\C(=O)N3CCN(c4nc(=O)n(-c5ccccc5C(C)C)c5nc(-c6ncc(F)cc6F)c(Cl)cc45)[C@@H](C)C3)c3nc(-c4ccccc4F)c(Cl)cc32)[C@@H](C)C1. The standard InChI is InChI=1S/C57H53Cl2F3N12O4/c1-7-45(75)70-19-21-72(32(5)28-70)53-37-24-40(58)49(36-15-8-10-16-42(36)61)65-50(37)47(56(77)67-53)39-27-64-69-48(39)31(4)13-12-18-46(76)71-20-22-73(33(6)29-71)54-38-25-41(59)51(52-43(62)23-34(60)26-63-52)66-55(38)74(57(78)68-54)44-17-11-9-14-35(44)30(2)3/h7-12,14-18,23-27,30-33,47H,1,13,19-22,28-29H2,2-6H3,(H,64,69)/b18-12-/t31?,32-,33-,47?/m0/s1. The molecule has 2 unspecified atom stereocenters. The number of allylic oxidation sites excluding steroid dienone is 1. The van der Waals surface area contributed by atoms with Gasteiger partial charge in [-0.05, 0) is 74.2 Å². The van der Waals surface area contributed by atoms with E-state index < -0.39 is 35.0 Å². The van der Waals surface area contributed by atoms with Gasteiger partial charge >= 0.3 is 5.69 Å². The minimum absolute atomic E-state index is 0.00169. The van der Waals surface area contributed by atoms with E-state index in [0.29, 0.717) is 71.5 Å². The summed E-state index contributed by atoms with van der Waals surface area (Å²) in [5, 5.41) is 8.00. The Morgan fingerprint density at radius 1 is 0.795 bits per heavy atom. The number of piperazine rings is 2. The normalized spacial score (nSPS) is 18.2. The van der Waals surface area contributed by atoms with Crippen molar-refractivity contribution in [3.8, 4) is 28.3 Å². The van der Waals surface area contributed by atoms with Crippen molar-refractivity contribution >= 4 is 63.6 Å². The number of rotatable bonds is 11. The number of pyridine rings is 3. The summed E-state index contributed by atoms with van der Waals surface area (Å²) in [6, 6.07) is 16.8. The van der Waals surface area contributed by atoms with Crippen LogP contribution in [0.4, 0.5) is 19.0 Å². The number of halogens is 5. The maximum atomic E-state index is 15.4. The minimum atomic E-state index is -1.05. The monoisotopic (exact) mass is 1100 g/mol. The number of hydrogen-bond donors (Lipinski definition) is 1. The van der Waals surface area contributed by atoms with E-state index in [9.17, 15) is 23.6 Å². The summed E-state index contributed by atoms with van der Waals surface area (Å²) in [5.74, 6) is -4.09. The number of amidine groups is 1. The Labute approximate surface area is 457 Å². The lowest BCUT2D eigenvalue weighted by atomic mass is 9.85. The number of H-pyrrole nitrogens is 1. The van der Waals surface area contributed by atoms with Crippen LogP contribution >= 0.6 is 23.2 Å². The molecular weight excluding hydrogens is 1040 g/mol. The summed E-state index contributed by atoms with van der Waals surface area (Å²) < 4.78 is 46.0. The Kier molecular flexibility index (Phi) is 14.9. The number of nitrogens with zero attached hydrogens (tertiary/aromatic N) is 11. The van der Waals surface area contributed by atoms with Crippen LogP contribution in [0.2, 0.25) is 10.0 Å². The molecule has 7 aromatic rings. The smallest absolute Gasteiger partial charge is 0.350 e. The highest BCUT2D eigenvalue weighted by Crippen LogP contribution is 2.41. The molecule has 3 amide bonds. The quantitative estimate of drug-likeness (QED) is 0.122. The molecule has 16 nitrogen and oxygen atoms in total. The number of nitrogens with one attached hydrogen (secondary N) is 1. The third kappa shape index (κ3) is 9.96. The molecule has 1 N–H and O–H groups in total. The van der Waals surface area contributed by atoms with Crippen LogP contribution in [0.15, 0.2) is 114 Å². The van der Waals surface area contributed by atoms with Crippen molar-refractivity contribution in [3.63, 3.8) is 0 Å². The molecule has 400 valence electrons. The Morgan fingerprint density at radius 3 is 2.19 bits per heavy atom. The van der Waals surface area contributed by atoms with Crippen LogP contribution in [0.5, 0.6) is 0 Å². The summed E-state index contributed by atoms with van der Waals surface area (Å²) in [7, 11) is 0. The van der Waals surface area contributed by atoms with E-state index in [2.05, 4.69) is 31.7 Å². The number of aromatic amines is 1. The molecule has 5 aromatic heterocycles. The van der Waals surface area contributed by atoms with Crippen molar-refractivity contribution in [2.45, 2.75) is 70.9 Å². The Bertz CT molecular complexity index is 3700. The molecule has 4 atom stereocenters. The van der Waals surface area contributed by atoms with Crippen LogP contribution in [0.25, 0.3) is 39.4 Å². The molecule has 2 aromatic carbocycles. The number of aliphatic imine (C=N–C) groups is 1. The van der Waals surface area contributed by atoms with Gasteiger partial charge in [0.25, 0.3) is 5.91 Å². The number of fused-ring (bicyclic) bond motifs is 2. The average molecular weight is 1100 g/mol. The summed E-state index contributed by atoms with van der Waals surface area (Å²) in [5.41, 5.74) is 2.72. The van der Waals surface area contributed by atoms with Gasteiger partial charge in [0, 0.05) is 85.7 Å². The molecule has 21 heteroatoms. The van der Waals surface area contributed by atoms with Gasteiger partial charge in [0.2, 0.25) is 11.8 Å². The number of aromatic nitrogens is 7. The number of carbonyl (C=O) groups excluding carboxylic acids is 3. The lowest BCUT2D eigenvalue weighted by Crippen LogP contribution is -2.56. The second-order valence-electron chi connectivity index (χ2n) is 20.0. The lowest BCUT2D eigenvalue weighted by molar-refractivity contribution is -0.128. The minimum Gasteiger partial charge on any atom is -0.350 e. The fourth-order valence-electron chi connectivity index (χ4n) is 10.7. The van der Waals surface area contributed by atoms with Crippen LogP contribution < -0.4 is 10.6 Å². The molecule has 0 bridgehead atoms. The van der Waals surface area contributed by atoms with Crippen molar-refractivity contribution < 1.29 is 27.6 Å². The van der Waals surface area contributed by atoms with Gasteiger partial charge in [-0.25, -0.2) is 37.5 Å². The zero-order chi connectivity index (χ0) is 55.3. The van der Waals surface area contributed by atoms with E-state index in [-0.39, 0.29) is 99.5 Å². The maximum Gasteiger partial charge on any atom is 0.355 e. The van der Waals surface area contributed by atoms with Crippen LogP contribution in [-0.2, 0) is 14.4 Å². The Balaban J connectivity index is 0.897. The van der Waals surface area contributed by atoms with Gasteiger partial charge in [-0.3, -0.25) is 19.5 Å². The first-order chi connectivity index (χ1) is 37.4. The number of anilines is 1. The fraction of sp³-hybridized carbons (Fsp3) is 0.298. The van der Waals surface area contributed by atoms with Crippen LogP contribution in [0.1, 0.15) is 86.9 Å². The van der Waals surface area contributed by atoms with Gasteiger partial charge < -0.3 is 19.6 Å². The number of carbonyl (C=O) groups is 3. The molecule has 0 spiro atoms. The third-order valence-electron chi connectivity index (χ3n) is 14.6. The van der Waals surface area contributed by atoms with Crippen LogP contribution in [0, 0.1) is 17.5 Å². The molecule has 3 aliphatic rings. The van der Waals surface area contributed by atoms with Gasteiger partial charge in [-0.1, -0.05) is 87.0 Å². The highest BCUT2D eigenvalue weighted by atomic mass is 35.5. The van der Waals surface area contributed by atoms with E-state index in [1.165, 1.54) is 22.8 Å². The molecule has 2 saturated heterocycles. The first kappa shape index (κ1) is 53.4. The van der Waals surface area contributed by atoms with Crippen LogP contribution in [-0.4, -0.2) is 124 Å². The highest BCUT2D eigenvalue weighted by molar-refractivity contribution is 6.34. The number of benzene rings is 2. The van der Waals surface area contributed by atoms with Gasteiger partial charge in [0.15, 0.2) is 11.5 Å². The van der Waals surface area contributed by atoms with E-state index >= 15 is 8.78 Å². The van der Waals surface area contributed by atoms with Crippen molar-refractivity contribution in [2.75, 3.05) is 44.2 Å². The van der Waals surface area contributed by atoms with E-state index in [1.807, 2.05) is 56.6 Å². The number of hydrogen-bond acceptors (Lipinski definition) is 11. The van der Waals surface area contributed by atoms with Crippen LogP contribution in [0.3, 0.4) is 0 Å². The summed E-state index contributed by atoms with van der Waals surface area (Å²) in [6.45, 7) is 15.3. The molecule has 0 radical (unpaired) electrons. The van der Waals surface area contributed by atoms with Gasteiger partial charge in [-0.2, -0.15) is 15.1 Å². The van der Waals surface area contributed by atoms with Gasteiger partial charge in [0.1, 0.15) is 40.6 Å². The van der Waals surface area contributed by atoms with Crippen molar-refractivity contribution in [1.29, 1.82) is 0 Å². The van der Waals surface area contributed by atoms with E-state index in [1.54, 1.807) is 64.5 Å². The fourth-order valence-corrected chi connectivity index (χ4v) is 11.2. The van der Waals surface area contributed by atoms with Gasteiger partial charge in [-0.15, -0.1) is 0 Å². The Morgan fingerprint density at radius 2 is 1.49 bits per heavy atom. The number of amides is 3. The lowest BCUT2D eigenvalue weighted by Gasteiger charge is -2.42. The molecule has 78 heavy (non-hydrogen) atoms. The van der Waals surface area contributed by atoms with Crippen molar-refractivity contribution in [2.24, 2.45) is 4.99 Å². The van der Waals surface area contributed by atoms with E-state index in [4.69, 9.17) is 33.2 Å². The second kappa shape index (κ2) is 21.8. The number of para-hydroxylation sites is 1. The predicted molar refractivity (Wildman–Crippen MR) is 293 cm³/mol. The topological polar surface area (TPSA) is 179 Å². The van der Waals surface area contributed by atoms with Crippen molar-refractivity contribution in [1.82, 2.24) is 49.4 Å². The third-order valence-corrected chi connectivity index (χ3v) is 15.2. The molecule has 10 rings (SSSR count). The van der Waals surface area contributed by atoms with Crippen molar-refractivity contribution in [3.05, 3.63) is 170 Å². The summed E-state index contributed by atoms with van der Waals surface area (Å²) in [6.07, 6.45) is 7.33. The summed E-state index contributed by atoms with van der Waals surface area (Å²) in [4.78, 5) is 85.5. The molecule has 2 fully saturated rings. The molecule has 3 aliphatic heterocycles. The maximum absolute atomic E-state index is 15.4. The highest BCUT2D eigenvalue weighted by Gasteiger charge is 2.41. The van der Waals surface area contributed by atoms with E-state index in [0.717, 1.165) is 11.8 Å². The second-order valence-corrected chi connectivity index (χ2v) is 20.8. The first-order valence-corrected chi connectivity index (χ1v) is 26.2. The molecular formula is C57H53Cl2F3N12O4. The molecule has 0 saturated carbocycles. The Hall–Kier alpha value is -8.03. The largest absolute Gasteiger partial charge is 0.355 e. The molecule has 8 heterocycles. The first-order valence-electron chi connectivity index (χ1n) is 25.5.